The van der Waals surface area contributed by atoms with E-state index >= 15 is 0 Å². The fourth-order valence-electron chi connectivity index (χ4n) is 3.37. The molecule has 0 spiro atoms. The van der Waals surface area contributed by atoms with Crippen LogP contribution in [0, 0.1) is 22.8 Å². The van der Waals surface area contributed by atoms with Crippen LogP contribution >= 0.6 is 0 Å². The molecule has 2 N–H and O–H groups in total. The molecule has 10 heteroatoms. The molecule has 1 aliphatic heterocycles. The van der Waals surface area contributed by atoms with Gasteiger partial charge in [0.25, 0.3) is 5.92 Å². The molecule has 1 fully saturated rings. The molecule has 0 saturated carbocycles. The third-order valence-electron chi connectivity index (χ3n) is 4.84. The molecule has 1 aliphatic rings. The molecule has 1 atom stereocenters. The van der Waals surface area contributed by atoms with E-state index < -0.39 is 18.5 Å². The van der Waals surface area contributed by atoms with Crippen LogP contribution < -0.4 is 10.5 Å². The van der Waals surface area contributed by atoms with Gasteiger partial charge in [0, 0.05) is 35.8 Å². The number of rotatable bonds is 4. The lowest BCUT2D eigenvalue weighted by Crippen LogP contribution is -2.49. The first-order valence-electron chi connectivity index (χ1n) is 8.79. The van der Waals surface area contributed by atoms with Gasteiger partial charge in [-0.2, -0.15) is 15.6 Å². The number of likely N-dealkylation sites (tertiary alicyclic amines) is 1. The van der Waals surface area contributed by atoms with Crippen molar-refractivity contribution in [1.82, 2.24) is 14.5 Å². The number of piperidine rings is 1. The van der Waals surface area contributed by atoms with Crippen molar-refractivity contribution in [3.63, 3.8) is 0 Å². The van der Waals surface area contributed by atoms with Gasteiger partial charge in [-0.15, -0.1) is 0 Å². The second-order valence-corrected chi connectivity index (χ2v) is 6.64. The first-order valence-corrected chi connectivity index (χ1v) is 8.79. The Bertz CT molecular complexity index is 1070. The number of nitrogens with two attached hydrogens (primary N) is 1. The second-order valence-electron chi connectivity index (χ2n) is 6.64. The molecule has 2 aromatic heterocycles. The van der Waals surface area contributed by atoms with Crippen molar-refractivity contribution in [2.45, 2.75) is 25.3 Å². The van der Waals surface area contributed by atoms with E-state index in [0.717, 1.165) is 4.90 Å². The largest absolute Gasteiger partial charge is 0.494 e. The number of fused-ring (bicyclic) bond motifs is 1. The van der Waals surface area contributed by atoms with Crippen molar-refractivity contribution in [3.05, 3.63) is 35.8 Å². The number of methoxy groups -OCH3 is 1. The molecular formula is C19H19F2N7O. The Kier molecular flexibility index (Phi) is 5.37. The fourth-order valence-corrected chi connectivity index (χ4v) is 3.37. The molecule has 0 aliphatic carbocycles. The quantitative estimate of drug-likeness (QED) is 0.622. The summed E-state index contributed by atoms with van der Waals surface area (Å²) in [5.41, 5.74) is 7.96. The summed E-state index contributed by atoms with van der Waals surface area (Å²) in [4.78, 5) is 5.25. The normalized spacial score (nSPS) is 19.7. The molecule has 0 radical (unpaired) electrons. The number of hydrogen-bond acceptors (Lipinski definition) is 7. The first kappa shape index (κ1) is 20.1. The van der Waals surface area contributed by atoms with Crippen molar-refractivity contribution < 1.29 is 13.5 Å². The summed E-state index contributed by atoms with van der Waals surface area (Å²) in [6, 6.07) is 2.46. The van der Waals surface area contributed by atoms with Gasteiger partial charge < -0.3 is 15.4 Å². The summed E-state index contributed by atoms with van der Waals surface area (Å²) < 4.78 is 35.6. The molecule has 3 rings (SSSR count). The number of aromatic nitrogens is 2. The fraction of sp³-hybridized carbons (Fsp3) is 0.368. The molecule has 8 nitrogen and oxygen atoms in total. The standard InChI is InChI=1S/C19H19F2N7O/c1-12(26-17-3-4-27(11-24)10-19(17,20)21)15(7-23)13-5-16(29-2)18-14(6-22)8-25-28(18)9-13/h5,7-9,17H,3-4,10,23H2,1-2H3/b15-7+,26-12?/t17-/m1/s1. The van der Waals surface area contributed by atoms with Crippen molar-refractivity contribution in [3.8, 4) is 18.0 Å². The van der Waals surface area contributed by atoms with Crippen LogP contribution in [-0.2, 0) is 0 Å². The highest BCUT2D eigenvalue weighted by molar-refractivity contribution is 6.22. The minimum absolute atomic E-state index is 0.0583. The second kappa shape index (κ2) is 7.76. The minimum atomic E-state index is -3.12. The lowest BCUT2D eigenvalue weighted by molar-refractivity contribution is -0.0656. The van der Waals surface area contributed by atoms with Crippen LogP contribution in [0.4, 0.5) is 8.78 Å². The van der Waals surface area contributed by atoms with Gasteiger partial charge in [0.15, 0.2) is 6.19 Å². The molecule has 1 saturated heterocycles. The maximum absolute atomic E-state index is 14.4. The highest BCUT2D eigenvalue weighted by atomic mass is 19.3. The number of halogens is 2. The number of nitriles is 2. The van der Waals surface area contributed by atoms with Crippen LogP contribution in [0.5, 0.6) is 5.75 Å². The number of aliphatic imine (C=N–C) groups is 1. The summed E-state index contributed by atoms with van der Waals surface area (Å²) in [6.45, 7) is 1.17. The van der Waals surface area contributed by atoms with Crippen molar-refractivity contribution >= 4 is 16.8 Å². The monoisotopic (exact) mass is 399 g/mol. The third kappa shape index (κ3) is 3.69. The lowest BCUT2D eigenvalue weighted by Gasteiger charge is -2.33. The van der Waals surface area contributed by atoms with Gasteiger partial charge in [0.05, 0.1) is 19.9 Å². The molecule has 0 unspecified atom stereocenters. The Hall–Kier alpha value is -3.66. The SMILES string of the molecule is COc1cc(/C(=C/N)C(C)=N[C@@H]2CCN(C#N)CC2(F)F)cn2ncc(C#N)c12. The van der Waals surface area contributed by atoms with Crippen molar-refractivity contribution in [1.29, 1.82) is 10.5 Å². The zero-order valence-corrected chi connectivity index (χ0v) is 15.9. The molecule has 2 aromatic rings. The van der Waals surface area contributed by atoms with E-state index in [4.69, 9.17) is 15.7 Å². The first-order chi connectivity index (χ1) is 13.8. The predicted octanol–water partition coefficient (Wildman–Crippen LogP) is 2.17. The highest BCUT2D eigenvalue weighted by Gasteiger charge is 2.44. The average Bonchev–Trinajstić information content (AvgIpc) is 3.12. The number of alkyl halides is 2. The highest BCUT2D eigenvalue weighted by Crippen LogP contribution is 2.32. The van der Waals surface area contributed by atoms with Crippen LogP contribution in [-0.4, -0.2) is 52.4 Å². The molecule has 150 valence electrons. The lowest BCUT2D eigenvalue weighted by atomic mass is 9.99. The third-order valence-corrected chi connectivity index (χ3v) is 4.84. The van der Waals surface area contributed by atoms with Gasteiger partial charge in [-0.25, -0.2) is 13.3 Å². The Morgan fingerprint density at radius 2 is 2.24 bits per heavy atom. The van der Waals surface area contributed by atoms with Gasteiger partial charge in [-0.3, -0.25) is 4.99 Å². The molecule has 0 amide bonds. The topological polar surface area (TPSA) is 116 Å². The molecule has 0 aromatic carbocycles. The number of ether oxygens (including phenoxy) is 1. The Labute approximate surface area is 166 Å². The molecular weight excluding hydrogens is 380 g/mol. The molecule has 29 heavy (non-hydrogen) atoms. The van der Waals surface area contributed by atoms with Crippen molar-refractivity contribution in [2.24, 2.45) is 10.7 Å². The van der Waals surface area contributed by atoms with Crippen LogP contribution in [0.2, 0.25) is 0 Å². The van der Waals surface area contributed by atoms with Crippen LogP contribution in [0.1, 0.15) is 24.5 Å². The minimum Gasteiger partial charge on any atom is -0.494 e. The number of pyridine rings is 1. The summed E-state index contributed by atoms with van der Waals surface area (Å²) >= 11 is 0. The zero-order valence-electron chi connectivity index (χ0n) is 15.9. The maximum Gasteiger partial charge on any atom is 0.287 e. The Balaban J connectivity index is 1.99. The Morgan fingerprint density at radius 1 is 1.48 bits per heavy atom. The van der Waals surface area contributed by atoms with E-state index in [1.165, 1.54) is 24.0 Å². The average molecular weight is 399 g/mol. The van der Waals surface area contributed by atoms with Gasteiger partial charge >= 0.3 is 0 Å². The zero-order chi connectivity index (χ0) is 21.2. The molecule has 0 bridgehead atoms. The van der Waals surface area contributed by atoms with Crippen LogP contribution in [0.3, 0.4) is 0 Å². The summed E-state index contributed by atoms with van der Waals surface area (Å²) in [6.07, 6.45) is 6.15. The van der Waals surface area contributed by atoms with Crippen molar-refractivity contribution in [2.75, 3.05) is 20.2 Å². The molecule has 3 heterocycles. The predicted molar refractivity (Wildman–Crippen MR) is 102 cm³/mol. The maximum atomic E-state index is 14.4. The van der Waals surface area contributed by atoms with Crippen LogP contribution in [0.15, 0.2) is 29.7 Å². The summed E-state index contributed by atoms with van der Waals surface area (Å²) in [5, 5.41) is 22.2. The summed E-state index contributed by atoms with van der Waals surface area (Å²) in [7, 11) is 1.46. The Morgan fingerprint density at radius 3 is 2.83 bits per heavy atom. The van der Waals surface area contributed by atoms with Gasteiger partial charge in [0.2, 0.25) is 0 Å². The van der Waals surface area contributed by atoms with E-state index in [-0.39, 0.29) is 13.0 Å². The number of allylic oxidation sites excluding steroid dienone is 1. The van der Waals surface area contributed by atoms with E-state index in [2.05, 4.69) is 10.1 Å². The summed E-state index contributed by atoms with van der Waals surface area (Å²) in [5.74, 6) is -2.73. The van der Waals surface area contributed by atoms with Crippen LogP contribution in [0.25, 0.3) is 11.1 Å². The smallest absolute Gasteiger partial charge is 0.287 e. The van der Waals surface area contributed by atoms with Gasteiger partial charge in [-0.1, -0.05) is 0 Å². The van der Waals surface area contributed by atoms with Gasteiger partial charge in [0.1, 0.15) is 28.9 Å². The number of nitrogens with zero attached hydrogens (tertiary/aromatic N) is 6. The van der Waals surface area contributed by atoms with E-state index in [1.807, 2.05) is 6.07 Å². The van der Waals surface area contributed by atoms with E-state index in [1.54, 1.807) is 25.4 Å². The van der Waals surface area contributed by atoms with E-state index in [0.29, 0.717) is 33.7 Å². The number of hydrogen-bond donors (Lipinski definition) is 1. The van der Waals surface area contributed by atoms with Gasteiger partial charge in [-0.05, 0) is 19.4 Å². The van der Waals surface area contributed by atoms with E-state index in [9.17, 15) is 14.0 Å².